The second kappa shape index (κ2) is 7.67. The fourth-order valence-corrected chi connectivity index (χ4v) is 6.60. The van der Waals surface area contributed by atoms with E-state index in [0.29, 0.717) is 24.4 Å². The summed E-state index contributed by atoms with van der Waals surface area (Å²) in [4.78, 5) is 13.2. The Kier molecular flexibility index (Phi) is 5.32. The van der Waals surface area contributed by atoms with Crippen LogP contribution in [0.2, 0.25) is 0 Å². The zero-order valence-electron chi connectivity index (χ0n) is 17.5. The Labute approximate surface area is 178 Å². The molecule has 0 N–H and O–H groups in total. The molecule has 0 spiro atoms. The number of carbonyl (C=O) groups is 1. The van der Waals surface area contributed by atoms with Gasteiger partial charge in [0.25, 0.3) is 0 Å². The summed E-state index contributed by atoms with van der Waals surface area (Å²) in [6.45, 7) is 4.64. The third-order valence-corrected chi connectivity index (χ3v) is 8.56. The van der Waals surface area contributed by atoms with Crippen LogP contribution in [0.4, 0.5) is 0 Å². The molecule has 3 atom stereocenters. The van der Waals surface area contributed by atoms with Gasteiger partial charge in [0.15, 0.2) is 0 Å². The van der Waals surface area contributed by atoms with Crippen LogP contribution >= 0.6 is 0 Å². The van der Waals surface area contributed by atoms with E-state index < -0.39 is 21.4 Å². The first-order valence-corrected chi connectivity index (χ1v) is 11.7. The van der Waals surface area contributed by atoms with Gasteiger partial charge in [-0.05, 0) is 42.5 Å². The van der Waals surface area contributed by atoms with Gasteiger partial charge < -0.3 is 4.74 Å². The van der Waals surface area contributed by atoms with Crippen molar-refractivity contribution in [1.82, 2.24) is 4.31 Å². The Morgan fingerprint density at radius 3 is 2.40 bits per heavy atom. The van der Waals surface area contributed by atoms with Gasteiger partial charge in [-0.15, -0.1) is 0 Å². The van der Waals surface area contributed by atoms with Crippen molar-refractivity contribution in [2.75, 3.05) is 20.2 Å². The molecule has 158 valence electrons. The first-order chi connectivity index (χ1) is 14.3. The highest BCUT2D eigenvalue weighted by Crippen LogP contribution is 2.57. The molecule has 2 aliphatic rings. The summed E-state index contributed by atoms with van der Waals surface area (Å²) in [6.07, 6.45) is 2.79. The Morgan fingerprint density at radius 2 is 1.80 bits per heavy atom. The van der Waals surface area contributed by atoms with Crippen molar-refractivity contribution in [2.24, 2.45) is 17.3 Å². The predicted molar refractivity (Wildman–Crippen MR) is 116 cm³/mol. The van der Waals surface area contributed by atoms with Crippen LogP contribution in [-0.2, 0) is 19.6 Å². The van der Waals surface area contributed by atoms with E-state index in [-0.39, 0.29) is 11.9 Å². The lowest BCUT2D eigenvalue weighted by Gasteiger charge is -2.34. The predicted octanol–water partition coefficient (Wildman–Crippen LogP) is 3.90. The second-order valence-corrected chi connectivity index (χ2v) is 10.2. The molecule has 1 heterocycles. The van der Waals surface area contributed by atoms with Crippen molar-refractivity contribution < 1.29 is 17.9 Å². The van der Waals surface area contributed by atoms with Crippen molar-refractivity contribution >= 4 is 21.6 Å². The number of benzene rings is 2. The van der Waals surface area contributed by atoms with Crippen molar-refractivity contribution in [1.29, 1.82) is 0 Å². The minimum Gasteiger partial charge on any atom is -0.469 e. The van der Waals surface area contributed by atoms with Crippen LogP contribution in [0, 0.1) is 24.2 Å². The largest absolute Gasteiger partial charge is 0.469 e. The minimum atomic E-state index is -3.63. The quantitative estimate of drug-likeness (QED) is 0.682. The van der Waals surface area contributed by atoms with Crippen LogP contribution in [0.3, 0.4) is 0 Å². The van der Waals surface area contributed by atoms with Crippen LogP contribution in [-0.4, -0.2) is 38.9 Å². The van der Waals surface area contributed by atoms with E-state index >= 15 is 0 Å². The van der Waals surface area contributed by atoms with Crippen molar-refractivity contribution in [3.05, 3.63) is 71.8 Å². The van der Waals surface area contributed by atoms with Gasteiger partial charge in [0, 0.05) is 18.5 Å². The minimum absolute atomic E-state index is 0.0398. The molecule has 1 fully saturated rings. The number of esters is 1. The molecular formula is C24H27NO4S. The third-order valence-electron chi connectivity index (χ3n) is 6.74. The second-order valence-electron chi connectivity index (χ2n) is 8.25. The maximum absolute atomic E-state index is 13.3. The number of hydrogen-bond acceptors (Lipinski definition) is 4. The molecule has 0 aromatic heterocycles. The average Bonchev–Trinajstić information content (AvgIpc) is 3.28. The summed E-state index contributed by atoms with van der Waals surface area (Å²) in [5, 5.41) is 0. The van der Waals surface area contributed by atoms with Gasteiger partial charge in [-0.1, -0.05) is 61.0 Å². The fraction of sp³-hybridized carbons (Fsp3) is 0.375. The molecule has 6 heteroatoms. The zero-order chi connectivity index (χ0) is 21.5. The van der Waals surface area contributed by atoms with Crippen LogP contribution in [0.25, 0.3) is 5.57 Å². The summed E-state index contributed by atoms with van der Waals surface area (Å²) in [5.74, 6) is -0.829. The van der Waals surface area contributed by atoms with Gasteiger partial charge in [-0.25, -0.2) is 8.42 Å². The maximum atomic E-state index is 13.3. The lowest BCUT2D eigenvalue weighted by Crippen LogP contribution is -2.40. The molecule has 0 bridgehead atoms. The molecule has 0 radical (unpaired) electrons. The molecule has 0 saturated carbocycles. The van der Waals surface area contributed by atoms with Gasteiger partial charge in [-0.3, -0.25) is 4.79 Å². The van der Waals surface area contributed by atoms with Crippen molar-refractivity contribution in [3.63, 3.8) is 0 Å². The normalized spacial score (nSPS) is 26.3. The number of fused-ring (bicyclic) bond motifs is 1. The molecule has 0 unspecified atom stereocenters. The standard InChI is InChI=1S/C24H27NO4S/c1-4-24-16-25(30(27,28)20-12-10-17(2)11-13-20)15-19(24)14-21(22(24)23(26)29-3)18-8-6-5-7-9-18/h5-14,19,22H,4,15-16H2,1-3H3/t19-,22+,24+/m1/s1. The highest BCUT2D eigenvalue weighted by Gasteiger charge is 2.59. The van der Waals surface area contributed by atoms with Crippen LogP contribution < -0.4 is 0 Å². The average molecular weight is 426 g/mol. The highest BCUT2D eigenvalue weighted by molar-refractivity contribution is 7.89. The molecule has 2 aromatic carbocycles. The van der Waals surface area contributed by atoms with Crippen molar-refractivity contribution in [3.8, 4) is 0 Å². The Morgan fingerprint density at radius 1 is 1.13 bits per heavy atom. The summed E-state index contributed by atoms with van der Waals surface area (Å²) in [6, 6.07) is 16.8. The number of methoxy groups -OCH3 is 1. The number of sulfonamides is 1. The Balaban J connectivity index is 1.75. The van der Waals surface area contributed by atoms with E-state index in [4.69, 9.17) is 4.74 Å². The molecule has 1 aliphatic carbocycles. The molecule has 5 nitrogen and oxygen atoms in total. The smallest absolute Gasteiger partial charge is 0.313 e. The molecule has 4 rings (SSSR count). The van der Waals surface area contributed by atoms with Gasteiger partial charge >= 0.3 is 5.97 Å². The summed E-state index contributed by atoms with van der Waals surface area (Å²) in [7, 11) is -2.23. The number of nitrogens with zero attached hydrogens (tertiary/aromatic N) is 1. The van der Waals surface area contributed by atoms with E-state index in [1.54, 1.807) is 16.4 Å². The Hall–Kier alpha value is -2.44. The number of carbonyl (C=O) groups excluding carboxylic acids is 1. The molecule has 2 aromatic rings. The van der Waals surface area contributed by atoms with E-state index in [1.165, 1.54) is 7.11 Å². The van der Waals surface area contributed by atoms with E-state index in [0.717, 1.165) is 16.7 Å². The van der Waals surface area contributed by atoms with Crippen LogP contribution in [0.15, 0.2) is 65.6 Å². The van der Waals surface area contributed by atoms with Gasteiger partial charge in [-0.2, -0.15) is 4.31 Å². The lowest BCUT2D eigenvalue weighted by atomic mass is 9.69. The molecule has 1 aliphatic heterocycles. The SMILES string of the molecule is CC[C@]12CN(S(=O)(=O)c3ccc(C)cc3)C[C@H]1C=C(c1ccccc1)[C@H]2C(=O)OC. The number of hydrogen-bond donors (Lipinski definition) is 0. The first kappa shape index (κ1) is 20.8. The van der Waals surface area contributed by atoms with E-state index in [1.807, 2.05) is 56.3 Å². The number of aryl methyl sites for hydroxylation is 1. The first-order valence-electron chi connectivity index (χ1n) is 10.3. The van der Waals surface area contributed by atoms with Gasteiger partial charge in [0.2, 0.25) is 10.0 Å². The third kappa shape index (κ3) is 3.19. The van der Waals surface area contributed by atoms with Crippen LogP contribution in [0.5, 0.6) is 0 Å². The summed E-state index contributed by atoms with van der Waals surface area (Å²) < 4.78 is 33.4. The van der Waals surface area contributed by atoms with Crippen LogP contribution in [0.1, 0.15) is 24.5 Å². The fourth-order valence-electron chi connectivity index (χ4n) is 5.05. The topological polar surface area (TPSA) is 63.7 Å². The molecule has 30 heavy (non-hydrogen) atoms. The number of ether oxygens (including phenoxy) is 1. The van der Waals surface area contributed by atoms with E-state index in [9.17, 15) is 13.2 Å². The van der Waals surface area contributed by atoms with Gasteiger partial charge in [0.1, 0.15) is 0 Å². The summed E-state index contributed by atoms with van der Waals surface area (Å²) in [5.41, 5.74) is 2.44. The van der Waals surface area contributed by atoms with Gasteiger partial charge in [0.05, 0.1) is 17.9 Å². The summed E-state index contributed by atoms with van der Waals surface area (Å²) >= 11 is 0. The highest BCUT2D eigenvalue weighted by atomic mass is 32.2. The Bertz CT molecular complexity index is 1080. The molecule has 1 saturated heterocycles. The molecular weight excluding hydrogens is 398 g/mol. The molecule has 0 amide bonds. The van der Waals surface area contributed by atoms with E-state index in [2.05, 4.69) is 6.08 Å². The maximum Gasteiger partial charge on any atom is 0.313 e. The lowest BCUT2D eigenvalue weighted by molar-refractivity contribution is -0.147. The zero-order valence-corrected chi connectivity index (χ0v) is 18.4. The van der Waals surface area contributed by atoms with Crippen molar-refractivity contribution in [2.45, 2.75) is 25.2 Å². The monoisotopic (exact) mass is 425 g/mol. The number of rotatable bonds is 5.